The molecule has 1 aliphatic heterocycles. The molecule has 0 aliphatic carbocycles. The first-order valence-corrected chi connectivity index (χ1v) is 23.4. The van der Waals surface area contributed by atoms with E-state index in [4.69, 9.17) is 28.5 Å². The van der Waals surface area contributed by atoms with Crippen molar-refractivity contribution in [1.82, 2.24) is 0 Å². The van der Waals surface area contributed by atoms with Crippen molar-refractivity contribution in [3.63, 3.8) is 0 Å². The van der Waals surface area contributed by atoms with Crippen LogP contribution in [0.1, 0.15) is 162 Å². The van der Waals surface area contributed by atoms with Gasteiger partial charge >= 0.3 is 27.6 Å². The monoisotopic (exact) mass is 814 g/mol. The van der Waals surface area contributed by atoms with Crippen LogP contribution in [0.15, 0.2) is 12.2 Å². The van der Waals surface area contributed by atoms with Crippen LogP contribution < -0.4 is 0 Å². The summed E-state index contributed by atoms with van der Waals surface area (Å²) in [5, 5.41) is 9.72. The van der Waals surface area contributed by atoms with Crippen molar-refractivity contribution in [1.29, 1.82) is 0 Å². The number of phosphoric ester groups is 2. The number of hydrogen-bond acceptors (Lipinski definition) is 11. The second-order valence-electron chi connectivity index (χ2n) is 14.8. The van der Waals surface area contributed by atoms with E-state index in [1.807, 2.05) is 0 Å². The highest BCUT2D eigenvalue weighted by Gasteiger charge is 2.36. The van der Waals surface area contributed by atoms with Gasteiger partial charge in [0.15, 0.2) is 6.10 Å². The minimum Gasteiger partial charge on any atom is -0.462 e. The fraction of sp³-hybridized carbons (Fsp3) is 0.895. The molecule has 0 aromatic carbocycles. The molecule has 1 heterocycles. The predicted octanol–water partition coefficient (Wildman–Crippen LogP) is 8.63. The molecule has 1 fully saturated rings. The molecule has 0 radical (unpaired) electrons. The third kappa shape index (κ3) is 32.0. The molecule has 0 aromatic rings. The number of epoxide rings is 1. The summed E-state index contributed by atoms with van der Waals surface area (Å²) in [4.78, 5) is 52.6. The molecular formula is C38H72O14P2. The summed E-state index contributed by atoms with van der Waals surface area (Å²) in [6.07, 6.45) is 23.9. The number of ether oxygens (including phenoxy) is 3. The average molecular weight is 815 g/mol. The van der Waals surface area contributed by atoms with E-state index in [9.17, 15) is 28.7 Å². The molecule has 3 unspecified atom stereocenters. The van der Waals surface area contributed by atoms with E-state index in [0.29, 0.717) is 25.0 Å². The van der Waals surface area contributed by atoms with Gasteiger partial charge in [-0.2, -0.15) is 0 Å². The molecule has 0 aromatic heterocycles. The number of carbonyl (C=O) groups excluding carboxylic acids is 2. The SMILES string of the molecule is CCCCC/C=C\CC1OC1CCCCCCCC(=O)O[C@H](COC(=O)CCCCCCCCCCC(C)C)COP(=O)(O)OC[C@@H](O)COP(=O)(O)O. The van der Waals surface area contributed by atoms with E-state index in [-0.39, 0.29) is 12.8 Å². The van der Waals surface area contributed by atoms with Crippen molar-refractivity contribution in [2.24, 2.45) is 5.92 Å². The summed E-state index contributed by atoms with van der Waals surface area (Å²) in [7, 11) is -9.67. The number of hydrogen-bond donors (Lipinski definition) is 4. The van der Waals surface area contributed by atoms with Crippen molar-refractivity contribution in [2.45, 2.75) is 186 Å². The van der Waals surface area contributed by atoms with Gasteiger partial charge in [0.05, 0.1) is 32.0 Å². The lowest BCUT2D eigenvalue weighted by molar-refractivity contribution is -0.161. The molecule has 0 saturated carbocycles. The van der Waals surface area contributed by atoms with Crippen LogP contribution in [0, 0.1) is 5.92 Å². The largest absolute Gasteiger partial charge is 0.472 e. The van der Waals surface area contributed by atoms with E-state index < -0.39 is 66.2 Å². The zero-order valence-corrected chi connectivity index (χ0v) is 35.0. The van der Waals surface area contributed by atoms with Crippen LogP contribution in [0.3, 0.4) is 0 Å². The Hall–Kier alpha value is -1.18. The maximum absolute atomic E-state index is 12.6. The number of phosphoric acid groups is 2. The number of rotatable bonds is 37. The average Bonchev–Trinajstić information content (AvgIpc) is 3.86. The summed E-state index contributed by atoms with van der Waals surface area (Å²) in [6.45, 7) is 3.96. The summed E-state index contributed by atoms with van der Waals surface area (Å²) in [6, 6.07) is 0. The fourth-order valence-corrected chi connectivity index (χ4v) is 6.93. The summed E-state index contributed by atoms with van der Waals surface area (Å²) in [5.74, 6) is -0.310. The molecule has 4 N–H and O–H groups in total. The Balaban J connectivity index is 2.39. The summed E-state index contributed by atoms with van der Waals surface area (Å²) >= 11 is 0. The van der Waals surface area contributed by atoms with Crippen molar-refractivity contribution in [2.75, 3.05) is 26.4 Å². The van der Waals surface area contributed by atoms with Gasteiger partial charge in [0.2, 0.25) is 0 Å². The third-order valence-electron chi connectivity index (χ3n) is 9.00. The standard InChI is InChI=1S/C38H72O14P2/c1-4-5-6-7-14-19-24-35-36(52-35)25-20-15-12-17-22-27-38(41)51-34(31-50-54(45,46)49-29-33(39)28-48-53(42,43)44)30-47-37(40)26-21-16-11-9-8-10-13-18-23-32(2)3/h14,19,32-36,39H,4-13,15-18,20-31H2,1-3H3,(H,45,46)(H2,42,43,44)/b19-14-/t33-,34+,35?,36?/m0/s1. The van der Waals surface area contributed by atoms with Crippen LogP contribution in [0.25, 0.3) is 0 Å². The number of carbonyl (C=O) groups is 2. The van der Waals surface area contributed by atoms with Gasteiger partial charge in [-0.3, -0.25) is 23.2 Å². The Morgan fingerprint density at radius 1 is 0.685 bits per heavy atom. The van der Waals surface area contributed by atoms with Crippen LogP contribution in [0.4, 0.5) is 0 Å². The van der Waals surface area contributed by atoms with Crippen molar-refractivity contribution in [3.8, 4) is 0 Å². The van der Waals surface area contributed by atoms with Crippen LogP contribution in [-0.4, -0.2) is 82.6 Å². The highest BCUT2D eigenvalue weighted by atomic mass is 31.2. The maximum Gasteiger partial charge on any atom is 0.472 e. The fourth-order valence-electron chi connectivity index (χ4n) is 5.77. The van der Waals surface area contributed by atoms with Crippen molar-refractivity contribution in [3.05, 3.63) is 12.2 Å². The molecular weight excluding hydrogens is 742 g/mol. The zero-order chi connectivity index (χ0) is 40.1. The van der Waals surface area contributed by atoms with E-state index in [0.717, 1.165) is 70.1 Å². The van der Waals surface area contributed by atoms with Crippen LogP contribution in [0.5, 0.6) is 0 Å². The minimum atomic E-state index is -4.86. The number of unbranched alkanes of at least 4 members (excludes halogenated alkanes) is 14. The second-order valence-corrected chi connectivity index (χ2v) is 17.5. The number of aliphatic hydroxyl groups is 1. The van der Waals surface area contributed by atoms with Crippen LogP contribution in [-0.2, 0) is 46.5 Å². The lowest BCUT2D eigenvalue weighted by Gasteiger charge is -2.20. The molecule has 14 nitrogen and oxygen atoms in total. The highest BCUT2D eigenvalue weighted by Crippen LogP contribution is 2.44. The Bertz CT molecular complexity index is 1100. The third-order valence-corrected chi connectivity index (χ3v) is 10.4. The van der Waals surface area contributed by atoms with Gasteiger partial charge in [-0.1, -0.05) is 123 Å². The molecule has 0 amide bonds. The van der Waals surface area contributed by atoms with Crippen LogP contribution in [0.2, 0.25) is 0 Å². The smallest absolute Gasteiger partial charge is 0.462 e. The maximum atomic E-state index is 12.6. The van der Waals surface area contributed by atoms with Gasteiger partial charge < -0.3 is 34.0 Å². The van der Waals surface area contributed by atoms with Gasteiger partial charge in [0, 0.05) is 12.8 Å². The normalized spacial score (nSPS) is 18.1. The molecule has 5 atom stereocenters. The second kappa shape index (κ2) is 30.9. The quantitative estimate of drug-likeness (QED) is 0.0152. The first-order chi connectivity index (χ1) is 25.7. The van der Waals surface area contributed by atoms with Gasteiger partial charge in [-0.25, -0.2) is 9.13 Å². The topological polar surface area (TPSA) is 208 Å². The van der Waals surface area contributed by atoms with Gasteiger partial charge in [-0.15, -0.1) is 0 Å². The summed E-state index contributed by atoms with van der Waals surface area (Å²) < 4.78 is 53.4. The molecule has 16 heteroatoms. The van der Waals surface area contributed by atoms with Crippen molar-refractivity contribution < 1.29 is 66.3 Å². The summed E-state index contributed by atoms with van der Waals surface area (Å²) in [5.41, 5.74) is 0. The van der Waals surface area contributed by atoms with E-state index >= 15 is 0 Å². The van der Waals surface area contributed by atoms with E-state index in [1.54, 1.807) is 0 Å². The Labute approximate surface area is 324 Å². The first kappa shape index (κ1) is 50.8. The number of aliphatic hydroxyl groups excluding tert-OH is 1. The lowest BCUT2D eigenvalue weighted by Crippen LogP contribution is -2.30. The van der Waals surface area contributed by atoms with E-state index in [2.05, 4.69) is 42.0 Å². The molecule has 0 spiro atoms. The lowest BCUT2D eigenvalue weighted by atomic mass is 10.0. The number of allylic oxidation sites excluding steroid dienone is 1. The van der Waals surface area contributed by atoms with Gasteiger partial charge in [0.25, 0.3) is 0 Å². The minimum absolute atomic E-state index is 0.111. The van der Waals surface area contributed by atoms with Crippen molar-refractivity contribution >= 4 is 27.6 Å². The molecule has 1 rings (SSSR count). The van der Waals surface area contributed by atoms with Gasteiger partial charge in [-0.05, 0) is 44.4 Å². The van der Waals surface area contributed by atoms with E-state index in [1.165, 1.54) is 51.4 Å². The Morgan fingerprint density at radius 2 is 1.26 bits per heavy atom. The molecule has 1 saturated heterocycles. The zero-order valence-electron chi connectivity index (χ0n) is 33.2. The highest BCUT2D eigenvalue weighted by molar-refractivity contribution is 7.47. The van der Waals surface area contributed by atoms with Gasteiger partial charge in [0.1, 0.15) is 12.7 Å². The number of esters is 2. The molecule has 0 bridgehead atoms. The first-order valence-electron chi connectivity index (χ1n) is 20.4. The predicted molar refractivity (Wildman–Crippen MR) is 206 cm³/mol. The molecule has 318 valence electrons. The molecule has 1 aliphatic rings. The Kier molecular flexibility index (Phi) is 29.1. The van der Waals surface area contributed by atoms with Crippen LogP contribution >= 0.6 is 15.6 Å². The molecule has 54 heavy (non-hydrogen) atoms. The Morgan fingerprint density at radius 3 is 1.89 bits per heavy atom.